The Bertz CT molecular complexity index is 942. The van der Waals surface area contributed by atoms with Gasteiger partial charge >= 0.3 is 0 Å². The number of benzene rings is 1. The van der Waals surface area contributed by atoms with E-state index in [0.29, 0.717) is 0 Å². The second-order valence-corrected chi connectivity index (χ2v) is 12.3. The summed E-state index contributed by atoms with van der Waals surface area (Å²) in [5.74, 6) is 0. The van der Waals surface area contributed by atoms with Crippen molar-refractivity contribution in [1.29, 1.82) is 0 Å². The Labute approximate surface area is 310 Å². The second kappa shape index (κ2) is 32.7. The standard InChI is InChI=1S/C34H63NO18/c35-6-26(38)10-45-13-29(41)15-47-17-31(43)18-50-22-34(53-20-32(44)19-48-16-30(42)14-46-11-27(39)7-36)24-51-23-33(21-49-12-28(40)8-37)52-9-25-4-2-1-3-5-25/h1-5,26-34,36-44H,6-24,35H2. The Kier molecular flexibility index (Phi) is 30.5. The number of nitrogens with two attached hydrogens (primary N) is 1. The van der Waals surface area contributed by atoms with Gasteiger partial charge in [0.1, 0.15) is 48.8 Å². The van der Waals surface area contributed by atoms with Gasteiger partial charge in [-0.1, -0.05) is 30.3 Å². The molecule has 9 unspecified atom stereocenters. The summed E-state index contributed by atoms with van der Waals surface area (Å²) in [6, 6.07) is 9.44. The molecule has 1 aromatic rings. The summed E-state index contributed by atoms with van der Waals surface area (Å²) >= 11 is 0. The highest BCUT2D eigenvalue weighted by atomic mass is 16.6. The van der Waals surface area contributed by atoms with Gasteiger partial charge in [-0.25, -0.2) is 0 Å². The third-order valence-corrected chi connectivity index (χ3v) is 6.86. The highest BCUT2D eigenvalue weighted by Gasteiger charge is 2.19. The molecule has 0 amide bonds. The van der Waals surface area contributed by atoms with E-state index in [1.807, 2.05) is 30.3 Å². The quantitative estimate of drug-likeness (QED) is 0.0305. The third kappa shape index (κ3) is 28.5. The molecule has 0 bridgehead atoms. The molecule has 19 heteroatoms. The van der Waals surface area contributed by atoms with Gasteiger partial charge in [0.05, 0.1) is 125 Å². The maximum Gasteiger partial charge on any atom is 0.105 e. The fraction of sp³-hybridized carbons (Fsp3) is 0.824. The number of aliphatic hydroxyl groups excluding tert-OH is 9. The topological polar surface area (TPSA) is 291 Å². The molecule has 0 fully saturated rings. The van der Waals surface area contributed by atoms with Crippen LogP contribution in [0.15, 0.2) is 30.3 Å². The fourth-order valence-electron chi connectivity index (χ4n) is 4.05. The summed E-state index contributed by atoms with van der Waals surface area (Å²) in [7, 11) is 0. The summed E-state index contributed by atoms with van der Waals surface area (Å²) in [4.78, 5) is 0. The van der Waals surface area contributed by atoms with Crippen molar-refractivity contribution in [2.75, 3.05) is 119 Å². The van der Waals surface area contributed by atoms with Gasteiger partial charge in [0.15, 0.2) is 0 Å². The molecule has 9 atom stereocenters. The molecule has 1 aromatic carbocycles. The van der Waals surface area contributed by atoms with Crippen molar-refractivity contribution in [2.45, 2.75) is 61.5 Å². The molecule has 11 N–H and O–H groups in total. The van der Waals surface area contributed by atoms with Gasteiger partial charge in [0.25, 0.3) is 0 Å². The van der Waals surface area contributed by atoms with Gasteiger partial charge < -0.3 is 94.3 Å². The van der Waals surface area contributed by atoms with E-state index in [9.17, 15) is 35.7 Å². The number of ether oxygens (including phenoxy) is 9. The van der Waals surface area contributed by atoms with Crippen LogP contribution < -0.4 is 5.73 Å². The summed E-state index contributed by atoms with van der Waals surface area (Å²) < 4.78 is 49.7. The van der Waals surface area contributed by atoms with E-state index >= 15 is 0 Å². The molecule has 53 heavy (non-hydrogen) atoms. The second-order valence-electron chi connectivity index (χ2n) is 12.3. The third-order valence-electron chi connectivity index (χ3n) is 6.86. The zero-order valence-corrected chi connectivity index (χ0v) is 30.3. The molecule has 0 spiro atoms. The molecule has 0 aromatic heterocycles. The predicted molar refractivity (Wildman–Crippen MR) is 186 cm³/mol. The fourth-order valence-corrected chi connectivity index (χ4v) is 4.05. The van der Waals surface area contributed by atoms with Gasteiger partial charge in [0, 0.05) is 6.54 Å². The summed E-state index contributed by atoms with van der Waals surface area (Å²) in [6.07, 6.45) is -8.37. The number of rotatable bonds is 37. The Morgan fingerprint density at radius 3 is 1.11 bits per heavy atom. The number of hydrogen-bond acceptors (Lipinski definition) is 19. The smallest absolute Gasteiger partial charge is 0.105 e. The Balaban J connectivity index is 2.61. The van der Waals surface area contributed by atoms with Crippen molar-refractivity contribution in [3.05, 3.63) is 35.9 Å². The van der Waals surface area contributed by atoms with Gasteiger partial charge in [-0.2, -0.15) is 0 Å². The summed E-state index contributed by atoms with van der Waals surface area (Å²) in [5, 5.41) is 86.8. The van der Waals surface area contributed by atoms with Gasteiger partial charge in [-0.05, 0) is 5.56 Å². The highest BCUT2D eigenvalue weighted by Crippen LogP contribution is 2.07. The Hall–Kier alpha value is -1.54. The molecule has 0 heterocycles. The van der Waals surface area contributed by atoms with Gasteiger partial charge in [-0.15, -0.1) is 0 Å². The van der Waals surface area contributed by atoms with E-state index in [1.165, 1.54) is 0 Å². The zero-order chi connectivity index (χ0) is 39.1. The SMILES string of the molecule is NCC(O)COCC(O)COCC(O)COCC(COCC(COCC(O)CO)OCc1ccccc1)OCC(O)COCC(O)COCC(O)CO. The first kappa shape index (κ1) is 49.5. The molecule has 1 rings (SSSR count). The number of aliphatic hydroxyl groups is 9. The lowest BCUT2D eigenvalue weighted by molar-refractivity contribution is -0.124. The van der Waals surface area contributed by atoms with Crippen LogP contribution in [-0.4, -0.2) is 220 Å². The molecule has 0 saturated carbocycles. The average molecular weight is 774 g/mol. The van der Waals surface area contributed by atoms with E-state index < -0.39 is 68.1 Å². The van der Waals surface area contributed by atoms with Crippen LogP contribution in [0.3, 0.4) is 0 Å². The lowest BCUT2D eigenvalue weighted by Crippen LogP contribution is -2.35. The van der Waals surface area contributed by atoms with Crippen LogP contribution in [-0.2, 0) is 49.2 Å². The van der Waals surface area contributed by atoms with Crippen LogP contribution in [0.5, 0.6) is 0 Å². The lowest BCUT2D eigenvalue weighted by Gasteiger charge is -2.23. The molecule has 0 aliphatic heterocycles. The van der Waals surface area contributed by atoms with E-state index in [2.05, 4.69) is 0 Å². The maximum absolute atomic E-state index is 10.4. The van der Waals surface area contributed by atoms with E-state index in [-0.39, 0.29) is 112 Å². The van der Waals surface area contributed by atoms with Crippen molar-refractivity contribution in [2.24, 2.45) is 5.73 Å². The minimum Gasteiger partial charge on any atom is -0.394 e. The normalized spacial score (nSPS) is 17.2. The first-order valence-electron chi connectivity index (χ1n) is 17.6. The first-order valence-corrected chi connectivity index (χ1v) is 17.6. The molecule has 0 aliphatic rings. The summed E-state index contributed by atoms with van der Waals surface area (Å²) in [6.45, 7) is -2.06. The van der Waals surface area contributed by atoms with E-state index in [1.54, 1.807) is 0 Å². The monoisotopic (exact) mass is 773 g/mol. The molecule has 0 saturated heterocycles. The van der Waals surface area contributed by atoms with E-state index in [0.717, 1.165) is 5.56 Å². The lowest BCUT2D eigenvalue weighted by atomic mass is 10.2. The molecular formula is C34H63NO18. The number of hydrogen-bond donors (Lipinski definition) is 10. The van der Waals surface area contributed by atoms with Crippen LogP contribution >= 0.6 is 0 Å². The van der Waals surface area contributed by atoms with Crippen LogP contribution in [0, 0.1) is 0 Å². The van der Waals surface area contributed by atoms with Crippen molar-refractivity contribution in [3.63, 3.8) is 0 Å². The summed E-state index contributed by atoms with van der Waals surface area (Å²) in [5.41, 5.74) is 6.22. The van der Waals surface area contributed by atoms with Crippen LogP contribution in [0.1, 0.15) is 5.56 Å². The molecule has 0 radical (unpaired) electrons. The van der Waals surface area contributed by atoms with Crippen LogP contribution in [0.4, 0.5) is 0 Å². The van der Waals surface area contributed by atoms with Crippen LogP contribution in [0.25, 0.3) is 0 Å². The molecule has 0 aliphatic carbocycles. The minimum absolute atomic E-state index is 0.0224. The molecule has 312 valence electrons. The first-order chi connectivity index (χ1) is 25.6. The minimum atomic E-state index is -1.09. The predicted octanol–water partition coefficient (Wildman–Crippen LogP) is -4.46. The average Bonchev–Trinajstić information content (AvgIpc) is 3.15. The van der Waals surface area contributed by atoms with Crippen molar-refractivity contribution in [3.8, 4) is 0 Å². The van der Waals surface area contributed by atoms with Crippen LogP contribution in [0.2, 0.25) is 0 Å². The van der Waals surface area contributed by atoms with Crippen molar-refractivity contribution < 1.29 is 88.6 Å². The van der Waals surface area contributed by atoms with E-state index in [4.69, 9.17) is 58.6 Å². The molecular weight excluding hydrogens is 710 g/mol. The zero-order valence-electron chi connectivity index (χ0n) is 30.3. The molecule has 19 nitrogen and oxygen atoms in total. The highest BCUT2D eigenvalue weighted by molar-refractivity contribution is 5.13. The Morgan fingerprint density at radius 1 is 0.396 bits per heavy atom. The van der Waals surface area contributed by atoms with Crippen molar-refractivity contribution >= 4 is 0 Å². The van der Waals surface area contributed by atoms with Gasteiger partial charge in [-0.3, -0.25) is 0 Å². The maximum atomic E-state index is 10.4. The largest absolute Gasteiger partial charge is 0.394 e. The van der Waals surface area contributed by atoms with Gasteiger partial charge in [0.2, 0.25) is 0 Å². The van der Waals surface area contributed by atoms with Crippen molar-refractivity contribution in [1.82, 2.24) is 0 Å². The Morgan fingerprint density at radius 2 is 0.717 bits per heavy atom.